The number of aromatic nitrogens is 3. The number of ketones is 1. The van der Waals surface area contributed by atoms with Crippen molar-refractivity contribution in [3.63, 3.8) is 0 Å². The van der Waals surface area contributed by atoms with Crippen LogP contribution in [-0.2, 0) is 16.1 Å². The molecule has 1 amide bonds. The number of pyridine rings is 2. The Morgan fingerprint density at radius 1 is 1.07 bits per heavy atom. The highest BCUT2D eigenvalue weighted by Crippen LogP contribution is 2.43. The fourth-order valence-corrected chi connectivity index (χ4v) is 5.24. The van der Waals surface area contributed by atoms with Gasteiger partial charge in [0.2, 0.25) is 0 Å². The van der Waals surface area contributed by atoms with Gasteiger partial charge in [-0.2, -0.15) is 0 Å². The number of carbonyl (C=O) groups excluding carboxylic acids is 2. The zero-order valence-electron chi connectivity index (χ0n) is 24.6. The molecular formula is C33H36N4O5. The van der Waals surface area contributed by atoms with Crippen molar-refractivity contribution < 1.29 is 24.2 Å². The number of likely N-dealkylation sites (tertiary alicyclic amines) is 1. The molecule has 9 heteroatoms. The van der Waals surface area contributed by atoms with E-state index in [0.717, 1.165) is 17.5 Å². The van der Waals surface area contributed by atoms with Crippen LogP contribution >= 0.6 is 0 Å². The van der Waals surface area contributed by atoms with Gasteiger partial charge in [-0.15, -0.1) is 0 Å². The number of rotatable bonds is 10. The largest absolute Gasteiger partial charge is 0.505 e. The smallest absolute Gasteiger partial charge is 0.295 e. The van der Waals surface area contributed by atoms with Gasteiger partial charge in [-0.1, -0.05) is 32.0 Å². The summed E-state index contributed by atoms with van der Waals surface area (Å²) in [6.07, 6.45) is 6.04. The number of hydrogen-bond donors (Lipinski definition) is 1. The highest BCUT2D eigenvalue weighted by molar-refractivity contribution is 6.46. The summed E-state index contributed by atoms with van der Waals surface area (Å²) in [5, 5.41) is 11.7. The third-order valence-corrected chi connectivity index (χ3v) is 7.46. The molecule has 3 aromatic heterocycles. The van der Waals surface area contributed by atoms with Gasteiger partial charge in [-0.3, -0.25) is 14.6 Å². The van der Waals surface area contributed by atoms with Crippen molar-refractivity contribution in [3.05, 3.63) is 94.7 Å². The summed E-state index contributed by atoms with van der Waals surface area (Å²) < 4.78 is 13.8. The number of aliphatic hydroxyl groups is 1. The first-order chi connectivity index (χ1) is 20.2. The quantitative estimate of drug-likeness (QED) is 0.147. The van der Waals surface area contributed by atoms with E-state index in [1.807, 2.05) is 55.6 Å². The second kappa shape index (κ2) is 12.1. The molecule has 218 valence electrons. The van der Waals surface area contributed by atoms with Crippen molar-refractivity contribution in [3.8, 4) is 11.5 Å². The number of nitrogens with zero attached hydrogens (tertiary/aromatic N) is 4. The van der Waals surface area contributed by atoms with Crippen LogP contribution < -0.4 is 9.47 Å². The van der Waals surface area contributed by atoms with Gasteiger partial charge >= 0.3 is 0 Å². The van der Waals surface area contributed by atoms with E-state index >= 15 is 0 Å². The molecule has 1 saturated heterocycles. The van der Waals surface area contributed by atoms with Crippen molar-refractivity contribution >= 4 is 23.1 Å². The number of aliphatic hydroxyl groups excluding tert-OH is 1. The number of Topliss-reactive ketones (excluding diaryl/α,β-unsaturated/α-hetero) is 1. The van der Waals surface area contributed by atoms with Gasteiger partial charge in [-0.05, 0) is 74.1 Å². The number of amides is 1. The molecular weight excluding hydrogens is 532 g/mol. The lowest BCUT2D eigenvalue weighted by Gasteiger charge is -2.26. The van der Waals surface area contributed by atoms with Gasteiger partial charge in [0.25, 0.3) is 11.7 Å². The molecule has 1 unspecified atom stereocenters. The van der Waals surface area contributed by atoms with Crippen molar-refractivity contribution in [2.75, 3.05) is 13.2 Å². The maximum atomic E-state index is 13.7. The molecule has 0 saturated carbocycles. The van der Waals surface area contributed by atoms with E-state index in [0.29, 0.717) is 47.5 Å². The zero-order valence-corrected chi connectivity index (χ0v) is 24.6. The van der Waals surface area contributed by atoms with Gasteiger partial charge in [0.15, 0.2) is 17.3 Å². The van der Waals surface area contributed by atoms with Crippen LogP contribution in [0.15, 0.2) is 66.6 Å². The molecule has 1 aliphatic heterocycles. The van der Waals surface area contributed by atoms with E-state index in [2.05, 4.69) is 23.8 Å². The third kappa shape index (κ3) is 5.46. The van der Waals surface area contributed by atoms with Crippen LogP contribution in [0.25, 0.3) is 11.4 Å². The van der Waals surface area contributed by atoms with Gasteiger partial charge in [0.05, 0.1) is 30.5 Å². The van der Waals surface area contributed by atoms with Crippen LogP contribution in [0.4, 0.5) is 0 Å². The summed E-state index contributed by atoms with van der Waals surface area (Å²) in [4.78, 5) is 37.5. The molecule has 1 fully saturated rings. The Morgan fingerprint density at radius 3 is 2.57 bits per heavy atom. The molecule has 0 aliphatic carbocycles. The second-order valence-corrected chi connectivity index (χ2v) is 10.9. The molecule has 0 spiro atoms. The van der Waals surface area contributed by atoms with E-state index in [9.17, 15) is 14.7 Å². The third-order valence-electron chi connectivity index (χ3n) is 7.46. The molecule has 4 aromatic rings. The Balaban J connectivity index is 1.66. The standard InChI is InChI=1S/C33H36N4O5/c1-6-41-26-17-24(11-12-25(26)42-16-13-20(2)3)29-27(31(39)33(40)37(29)19-23-10-7-14-34-18-23)30(38)28-22(5)36-15-8-9-21(4)32(36)35-28/h7-12,14-15,17-18,20,29,38H,6,13,16,19H2,1-5H3/b30-27+. The number of hydrogen-bond acceptors (Lipinski definition) is 7. The van der Waals surface area contributed by atoms with Crippen LogP contribution in [0.2, 0.25) is 0 Å². The predicted molar refractivity (Wildman–Crippen MR) is 159 cm³/mol. The molecule has 4 heterocycles. The predicted octanol–water partition coefficient (Wildman–Crippen LogP) is 5.79. The first-order valence-electron chi connectivity index (χ1n) is 14.2. The Kier molecular flexibility index (Phi) is 8.29. The molecule has 42 heavy (non-hydrogen) atoms. The summed E-state index contributed by atoms with van der Waals surface area (Å²) >= 11 is 0. The fraction of sp³-hybridized carbons (Fsp3) is 0.333. The SMILES string of the molecule is CCOc1cc(C2/C(=C(\O)c3nc4c(C)cccn4c3C)C(=O)C(=O)N2Cc2cccnc2)ccc1OCCC(C)C. The molecule has 5 rings (SSSR count). The molecule has 1 aromatic carbocycles. The van der Waals surface area contributed by atoms with E-state index in [-0.39, 0.29) is 23.6 Å². The fourth-order valence-electron chi connectivity index (χ4n) is 5.24. The zero-order chi connectivity index (χ0) is 30.0. The minimum atomic E-state index is -0.889. The summed E-state index contributed by atoms with van der Waals surface area (Å²) in [5.41, 5.74) is 3.84. The topological polar surface area (TPSA) is 106 Å². The number of carbonyl (C=O) groups is 2. The highest BCUT2D eigenvalue weighted by atomic mass is 16.5. The minimum absolute atomic E-state index is 0.0241. The van der Waals surface area contributed by atoms with E-state index in [1.165, 1.54) is 4.90 Å². The number of aryl methyl sites for hydroxylation is 2. The Morgan fingerprint density at radius 2 is 1.88 bits per heavy atom. The molecule has 1 N–H and O–H groups in total. The normalized spacial score (nSPS) is 16.5. The molecule has 0 bridgehead atoms. The number of imidazole rings is 1. The molecule has 1 aliphatic rings. The van der Waals surface area contributed by atoms with Gasteiger partial charge in [0, 0.05) is 25.1 Å². The maximum Gasteiger partial charge on any atom is 0.295 e. The van der Waals surface area contributed by atoms with Crippen LogP contribution in [0.3, 0.4) is 0 Å². The minimum Gasteiger partial charge on any atom is -0.505 e. The monoisotopic (exact) mass is 568 g/mol. The van der Waals surface area contributed by atoms with E-state index < -0.39 is 17.7 Å². The summed E-state index contributed by atoms with van der Waals surface area (Å²) in [6, 6.07) is 12.0. The van der Waals surface area contributed by atoms with E-state index in [1.54, 1.807) is 30.6 Å². The van der Waals surface area contributed by atoms with Crippen LogP contribution in [-0.4, -0.2) is 49.3 Å². The molecule has 9 nitrogen and oxygen atoms in total. The number of fused-ring (bicyclic) bond motifs is 1. The Hall–Kier alpha value is -4.66. The summed E-state index contributed by atoms with van der Waals surface area (Å²) in [5.74, 6) is -0.229. The van der Waals surface area contributed by atoms with Gasteiger partial charge in [-0.25, -0.2) is 4.98 Å². The molecule has 1 atom stereocenters. The van der Waals surface area contributed by atoms with Crippen LogP contribution in [0.1, 0.15) is 61.3 Å². The number of ether oxygens (including phenoxy) is 2. The van der Waals surface area contributed by atoms with Gasteiger partial charge < -0.3 is 23.9 Å². The average Bonchev–Trinajstić information content (AvgIpc) is 3.44. The van der Waals surface area contributed by atoms with Crippen molar-refractivity contribution in [2.24, 2.45) is 5.92 Å². The highest BCUT2D eigenvalue weighted by Gasteiger charge is 2.47. The Bertz CT molecular complexity index is 1660. The Labute approximate surface area is 245 Å². The van der Waals surface area contributed by atoms with Crippen molar-refractivity contribution in [1.82, 2.24) is 19.3 Å². The second-order valence-electron chi connectivity index (χ2n) is 10.9. The lowest BCUT2D eigenvalue weighted by Crippen LogP contribution is -2.29. The molecule has 0 radical (unpaired) electrons. The van der Waals surface area contributed by atoms with Crippen LogP contribution in [0, 0.1) is 19.8 Å². The van der Waals surface area contributed by atoms with Crippen LogP contribution in [0.5, 0.6) is 11.5 Å². The summed E-state index contributed by atoms with van der Waals surface area (Å²) in [6.45, 7) is 11.0. The maximum absolute atomic E-state index is 13.7. The lowest BCUT2D eigenvalue weighted by atomic mass is 9.95. The lowest BCUT2D eigenvalue weighted by molar-refractivity contribution is -0.140. The average molecular weight is 569 g/mol. The first-order valence-corrected chi connectivity index (χ1v) is 14.2. The van der Waals surface area contributed by atoms with Gasteiger partial charge in [0.1, 0.15) is 11.3 Å². The number of benzene rings is 1. The summed E-state index contributed by atoms with van der Waals surface area (Å²) in [7, 11) is 0. The van der Waals surface area contributed by atoms with Crippen molar-refractivity contribution in [2.45, 2.75) is 53.6 Å². The van der Waals surface area contributed by atoms with E-state index in [4.69, 9.17) is 9.47 Å². The van der Waals surface area contributed by atoms with Crippen molar-refractivity contribution in [1.29, 1.82) is 0 Å². The first kappa shape index (κ1) is 28.9.